The Balaban J connectivity index is 1.88. The molecule has 0 saturated carbocycles. The molecule has 1 fully saturated rings. The molecule has 118 valence electrons. The molecule has 1 atom stereocenters. The van der Waals surface area contributed by atoms with Gasteiger partial charge in [-0.25, -0.2) is 13.1 Å². The maximum atomic E-state index is 11.3. The van der Waals surface area contributed by atoms with Gasteiger partial charge in [-0.3, -0.25) is 4.90 Å². The van der Waals surface area contributed by atoms with Gasteiger partial charge in [-0.1, -0.05) is 19.1 Å². The first-order valence-electron chi connectivity index (χ1n) is 7.37. The van der Waals surface area contributed by atoms with Crippen molar-refractivity contribution < 1.29 is 13.2 Å². The van der Waals surface area contributed by atoms with Crippen LogP contribution < -0.4 is 9.46 Å². The molecule has 2 rings (SSSR count). The Labute approximate surface area is 127 Å². The fraction of sp³-hybridized carbons (Fsp3) is 0.600. The molecule has 0 aliphatic carbocycles. The van der Waals surface area contributed by atoms with Gasteiger partial charge in [0.15, 0.2) is 0 Å². The largest absolute Gasteiger partial charge is 0.494 e. The van der Waals surface area contributed by atoms with Crippen molar-refractivity contribution in [1.29, 1.82) is 0 Å². The third-order valence-corrected chi connectivity index (χ3v) is 4.19. The Hall–Kier alpha value is -1.11. The van der Waals surface area contributed by atoms with E-state index in [2.05, 4.69) is 28.7 Å². The van der Waals surface area contributed by atoms with Gasteiger partial charge < -0.3 is 4.74 Å². The van der Waals surface area contributed by atoms with Crippen molar-refractivity contribution >= 4 is 10.0 Å². The van der Waals surface area contributed by atoms with Gasteiger partial charge in [0.05, 0.1) is 12.9 Å². The second-order valence-corrected chi connectivity index (χ2v) is 7.39. The second kappa shape index (κ2) is 7.24. The molecular weight excluding hydrogens is 288 g/mol. The fourth-order valence-corrected chi connectivity index (χ4v) is 3.38. The average Bonchev–Trinajstić information content (AvgIpc) is 2.81. The lowest BCUT2D eigenvalue weighted by Crippen LogP contribution is -2.36. The molecule has 0 radical (unpaired) electrons. The van der Waals surface area contributed by atoms with Gasteiger partial charge >= 0.3 is 0 Å². The molecule has 0 amide bonds. The highest BCUT2D eigenvalue weighted by Crippen LogP contribution is 2.18. The van der Waals surface area contributed by atoms with E-state index in [1.54, 1.807) is 0 Å². The van der Waals surface area contributed by atoms with Crippen LogP contribution in [0.4, 0.5) is 0 Å². The third-order valence-electron chi connectivity index (χ3n) is 3.43. The molecule has 1 saturated heterocycles. The van der Waals surface area contributed by atoms with Crippen molar-refractivity contribution in [2.45, 2.75) is 32.4 Å². The molecular formula is C15H24N2O3S. The van der Waals surface area contributed by atoms with Crippen LogP contribution in [0.2, 0.25) is 0 Å². The van der Waals surface area contributed by atoms with Crippen molar-refractivity contribution in [3.8, 4) is 5.75 Å². The van der Waals surface area contributed by atoms with Gasteiger partial charge in [0.2, 0.25) is 10.0 Å². The number of rotatable bonds is 7. The first-order valence-corrected chi connectivity index (χ1v) is 9.27. The summed E-state index contributed by atoms with van der Waals surface area (Å²) in [6.07, 6.45) is 3.07. The Morgan fingerprint density at radius 3 is 2.95 bits per heavy atom. The van der Waals surface area contributed by atoms with E-state index < -0.39 is 10.0 Å². The zero-order valence-corrected chi connectivity index (χ0v) is 13.5. The van der Waals surface area contributed by atoms with Crippen LogP contribution in [0.3, 0.4) is 0 Å². The summed E-state index contributed by atoms with van der Waals surface area (Å²) in [5.41, 5.74) is 1.20. The summed E-state index contributed by atoms with van der Waals surface area (Å²) in [6, 6.07) is 8.14. The highest BCUT2D eigenvalue weighted by molar-refractivity contribution is 7.88. The van der Waals surface area contributed by atoms with Gasteiger partial charge in [0, 0.05) is 25.7 Å². The summed E-state index contributed by atoms with van der Waals surface area (Å²) in [6.45, 7) is 5.31. The molecule has 0 unspecified atom stereocenters. The minimum absolute atomic E-state index is 0.0273. The molecule has 1 aliphatic rings. The van der Waals surface area contributed by atoms with E-state index in [9.17, 15) is 8.42 Å². The molecule has 1 aliphatic heterocycles. The molecule has 5 nitrogen and oxygen atoms in total. The Kier molecular flexibility index (Phi) is 5.61. The van der Waals surface area contributed by atoms with E-state index in [4.69, 9.17) is 4.74 Å². The normalized spacial score (nSPS) is 19.8. The topological polar surface area (TPSA) is 58.6 Å². The zero-order valence-electron chi connectivity index (χ0n) is 12.7. The van der Waals surface area contributed by atoms with Crippen LogP contribution in [0.5, 0.6) is 5.75 Å². The van der Waals surface area contributed by atoms with Gasteiger partial charge in [0.1, 0.15) is 5.75 Å². The van der Waals surface area contributed by atoms with Crippen molar-refractivity contribution in [3.05, 3.63) is 29.8 Å². The third kappa shape index (κ3) is 5.65. The lowest BCUT2D eigenvalue weighted by Gasteiger charge is -2.17. The van der Waals surface area contributed by atoms with E-state index in [1.807, 2.05) is 12.1 Å². The van der Waals surface area contributed by atoms with Crippen molar-refractivity contribution in [2.75, 3.05) is 26.0 Å². The standard InChI is InChI=1S/C15H24N2O3S/c1-3-9-20-15-6-4-5-13(10-15)11-17-8-7-14(12-17)16-21(2,18)19/h4-6,10,14,16H,3,7-9,11-12H2,1-2H3/t14-/m0/s1. The number of nitrogens with one attached hydrogen (secondary N) is 1. The number of sulfonamides is 1. The summed E-state index contributed by atoms with van der Waals surface area (Å²) in [5, 5.41) is 0. The van der Waals surface area contributed by atoms with Crippen LogP contribution in [0.25, 0.3) is 0 Å². The maximum absolute atomic E-state index is 11.3. The Morgan fingerprint density at radius 1 is 1.43 bits per heavy atom. The molecule has 1 aromatic carbocycles. The average molecular weight is 312 g/mol. The van der Waals surface area contributed by atoms with E-state index in [0.717, 1.165) is 44.8 Å². The van der Waals surface area contributed by atoms with E-state index in [1.165, 1.54) is 11.8 Å². The highest BCUT2D eigenvalue weighted by atomic mass is 32.2. The van der Waals surface area contributed by atoms with Crippen molar-refractivity contribution in [2.24, 2.45) is 0 Å². The minimum atomic E-state index is -3.12. The molecule has 1 aromatic rings. The number of likely N-dealkylation sites (tertiary alicyclic amines) is 1. The van der Waals surface area contributed by atoms with Gasteiger partial charge in [-0.2, -0.15) is 0 Å². The lowest BCUT2D eigenvalue weighted by molar-refractivity contribution is 0.311. The first kappa shape index (κ1) is 16.3. The summed E-state index contributed by atoms with van der Waals surface area (Å²) >= 11 is 0. The second-order valence-electron chi connectivity index (χ2n) is 5.61. The van der Waals surface area contributed by atoms with Crippen LogP contribution in [0.15, 0.2) is 24.3 Å². The number of ether oxygens (including phenoxy) is 1. The minimum Gasteiger partial charge on any atom is -0.494 e. The summed E-state index contributed by atoms with van der Waals surface area (Å²) in [5.74, 6) is 0.902. The molecule has 6 heteroatoms. The molecule has 1 N–H and O–H groups in total. The number of nitrogens with zero attached hydrogens (tertiary/aromatic N) is 1. The molecule has 0 aromatic heterocycles. The smallest absolute Gasteiger partial charge is 0.208 e. The lowest BCUT2D eigenvalue weighted by atomic mass is 10.2. The first-order chi connectivity index (χ1) is 9.96. The van der Waals surface area contributed by atoms with Crippen LogP contribution in [0.1, 0.15) is 25.3 Å². The Morgan fingerprint density at radius 2 is 2.24 bits per heavy atom. The monoisotopic (exact) mass is 312 g/mol. The number of benzene rings is 1. The predicted molar refractivity (Wildman–Crippen MR) is 83.9 cm³/mol. The summed E-state index contributed by atoms with van der Waals surface area (Å²) in [7, 11) is -3.12. The van der Waals surface area contributed by atoms with Crippen LogP contribution in [0, 0.1) is 0 Å². The predicted octanol–water partition coefficient (Wildman–Crippen LogP) is 1.60. The number of hydrogen-bond donors (Lipinski definition) is 1. The summed E-state index contributed by atoms with van der Waals surface area (Å²) in [4.78, 5) is 2.27. The molecule has 0 bridgehead atoms. The van der Waals surface area contributed by atoms with Gasteiger partial charge in [-0.05, 0) is 30.5 Å². The maximum Gasteiger partial charge on any atom is 0.208 e. The van der Waals surface area contributed by atoms with Crippen LogP contribution in [-0.4, -0.2) is 45.3 Å². The van der Waals surface area contributed by atoms with Crippen LogP contribution >= 0.6 is 0 Å². The van der Waals surface area contributed by atoms with Gasteiger partial charge in [0.25, 0.3) is 0 Å². The van der Waals surface area contributed by atoms with E-state index >= 15 is 0 Å². The van der Waals surface area contributed by atoms with E-state index in [0.29, 0.717) is 0 Å². The molecule has 21 heavy (non-hydrogen) atoms. The zero-order chi connectivity index (χ0) is 15.3. The number of hydrogen-bond acceptors (Lipinski definition) is 4. The molecule has 0 spiro atoms. The highest BCUT2D eigenvalue weighted by Gasteiger charge is 2.24. The van der Waals surface area contributed by atoms with Gasteiger partial charge in [-0.15, -0.1) is 0 Å². The summed E-state index contributed by atoms with van der Waals surface area (Å²) < 4.78 is 30.8. The molecule has 1 heterocycles. The van der Waals surface area contributed by atoms with Crippen LogP contribution in [-0.2, 0) is 16.6 Å². The van der Waals surface area contributed by atoms with E-state index in [-0.39, 0.29) is 6.04 Å². The van der Waals surface area contributed by atoms with Crippen molar-refractivity contribution in [3.63, 3.8) is 0 Å². The quantitative estimate of drug-likeness (QED) is 0.831. The fourth-order valence-electron chi connectivity index (χ4n) is 2.59. The van der Waals surface area contributed by atoms with Crippen molar-refractivity contribution in [1.82, 2.24) is 9.62 Å². The Bertz CT molecular complexity index is 560. The SMILES string of the molecule is CCCOc1cccc(CN2CC[C@H](NS(C)(=O)=O)C2)c1.